The summed E-state index contributed by atoms with van der Waals surface area (Å²) in [5.41, 5.74) is 0.763. The van der Waals surface area contributed by atoms with Crippen molar-refractivity contribution in [3.63, 3.8) is 0 Å². The molecule has 0 radical (unpaired) electrons. The Balaban J connectivity index is 2.29. The summed E-state index contributed by atoms with van der Waals surface area (Å²) in [7, 11) is -1.77. The Bertz CT molecular complexity index is 660. The maximum absolute atomic E-state index is 12.5. The number of nitrogens with one attached hydrogen (secondary N) is 2. The third-order valence-electron chi connectivity index (χ3n) is 2.90. The van der Waals surface area contributed by atoms with Gasteiger partial charge in [-0.05, 0) is 44.0 Å². The molecule has 2 aromatic heterocycles. The fraction of sp³-hybridized carbons (Fsp3) is 0.385. The highest BCUT2D eigenvalue weighted by molar-refractivity contribution is 7.89. The van der Waals surface area contributed by atoms with Gasteiger partial charge in [0.25, 0.3) is 0 Å². The lowest BCUT2D eigenvalue weighted by atomic mass is 10.3. The van der Waals surface area contributed by atoms with Crippen LogP contribution in [0.5, 0.6) is 0 Å². The van der Waals surface area contributed by atoms with E-state index in [0.717, 1.165) is 10.4 Å². The summed E-state index contributed by atoms with van der Waals surface area (Å²) in [6.45, 7) is 4.10. The van der Waals surface area contributed by atoms with Crippen molar-refractivity contribution in [2.45, 2.75) is 31.3 Å². The molecule has 0 fully saturated rings. The molecule has 20 heavy (non-hydrogen) atoms. The van der Waals surface area contributed by atoms with Crippen LogP contribution in [0.3, 0.4) is 0 Å². The smallest absolute Gasteiger partial charge is 0.242 e. The van der Waals surface area contributed by atoms with Gasteiger partial charge in [-0.2, -0.15) is 0 Å². The molecule has 5 nitrogen and oxygen atoms in total. The van der Waals surface area contributed by atoms with Gasteiger partial charge in [0, 0.05) is 11.4 Å². The predicted octanol–water partition coefficient (Wildman–Crippen LogP) is 2.41. The number of hydrogen-bond acceptors (Lipinski definition) is 5. The normalized spacial score (nSPS) is 13.6. The Morgan fingerprint density at radius 1 is 1.45 bits per heavy atom. The summed E-state index contributed by atoms with van der Waals surface area (Å²) in [6.07, 6.45) is 1.53. The summed E-state index contributed by atoms with van der Waals surface area (Å²) in [5, 5.41) is 4.85. The van der Waals surface area contributed by atoms with E-state index in [1.165, 1.54) is 17.6 Å². The highest BCUT2D eigenvalue weighted by atomic mass is 32.2. The van der Waals surface area contributed by atoms with Crippen LogP contribution in [-0.4, -0.2) is 15.5 Å². The summed E-state index contributed by atoms with van der Waals surface area (Å²) in [4.78, 5) is 1.18. The highest BCUT2D eigenvalue weighted by Gasteiger charge is 2.25. The molecule has 0 saturated carbocycles. The van der Waals surface area contributed by atoms with Gasteiger partial charge in [0.15, 0.2) is 0 Å². The summed E-state index contributed by atoms with van der Waals surface area (Å²) < 4.78 is 33.0. The molecule has 0 amide bonds. The number of thiophene rings is 1. The molecule has 0 aliphatic heterocycles. The van der Waals surface area contributed by atoms with Gasteiger partial charge in [-0.1, -0.05) is 0 Å². The Labute approximate surface area is 123 Å². The van der Waals surface area contributed by atoms with E-state index < -0.39 is 16.1 Å². The van der Waals surface area contributed by atoms with Gasteiger partial charge < -0.3 is 9.73 Å². The molecule has 7 heteroatoms. The molecule has 0 aromatic carbocycles. The second-order valence-corrected chi connectivity index (χ2v) is 7.17. The zero-order chi connectivity index (χ0) is 14.8. The van der Waals surface area contributed by atoms with Gasteiger partial charge in [-0.3, -0.25) is 0 Å². The second-order valence-electron chi connectivity index (χ2n) is 4.56. The third kappa shape index (κ3) is 3.12. The lowest BCUT2D eigenvalue weighted by Crippen LogP contribution is -2.28. The van der Waals surface area contributed by atoms with Crippen molar-refractivity contribution in [1.82, 2.24) is 10.0 Å². The minimum atomic E-state index is -3.57. The van der Waals surface area contributed by atoms with Crippen molar-refractivity contribution >= 4 is 21.4 Å². The number of rotatable bonds is 6. The van der Waals surface area contributed by atoms with Crippen molar-refractivity contribution in [2.75, 3.05) is 7.05 Å². The first kappa shape index (κ1) is 15.2. The minimum absolute atomic E-state index is 0.371. The minimum Gasteiger partial charge on any atom is -0.468 e. The Morgan fingerprint density at radius 3 is 2.80 bits per heavy atom. The van der Waals surface area contributed by atoms with Crippen molar-refractivity contribution < 1.29 is 12.8 Å². The lowest BCUT2D eigenvalue weighted by Gasteiger charge is -2.13. The van der Waals surface area contributed by atoms with Crippen molar-refractivity contribution in [2.24, 2.45) is 0 Å². The quantitative estimate of drug-likeness (QED) is 0.859. The van der Waals surface area contributed by atoms with Crippen molar-refractivity contribution in [3.05, 3.63) is 40.0 Å². The van der Waals surface area contributed by atoms with Crippen LogP contribution >= 0.6 is 11.3 Å². The van der Waals surface area contributed by atoms with E-state index in [0.29, 0.717) is 17.2 Å². The van der Waals surface area contributed by atoms with Crippen LogP contribution in [-0.2, 0) is 16.6 Å². The fourth-order valence-corrected chi connectivity index (χ4v) is 5.05. The summed E-state index contributed by atoms with van der Waals surface area (Å²) in [6, 6.07) is 3.08. The van der Waals surface area contributed by atoms with Crippen LogP contribution in [0.4, 0.5) is 0 Å². The number of hydrogen-bond donors (Lipinski definition) is 2. The van der Waals surface area contributed by atoms with Crippen molar-refractivity contribution in [1.29, 1.82) is 0 Å². The van der Waals surface area contributed by atoms with Crippen LogP contribution in [0.1, 0.15) is 29.2 Å². The van der Waals surface area contributed by atoms with Crippen LogP contribution in [0.15, 0.2) is 33.1 Å². The molecular formula is C13H18N2O3S2. The summed E-state index contributed by atoms with van der Waals surface area (Å²) >= 11 is 1.45. The zero-order valence-corrected chi connectivity index (χ0v) is 13.3. The fourth-order valence-electron chi connectivity index (χ4n) is 2.02. The first-order valence-corrected chi connectivity index (χ1v) is 8.59. The lowest BCUT2D eigenvalue weighted by molar-refractivity contribution is 0.459. The number of sulfonamides is 1. The van der Waals surface area contributed by atoms with Gasteiger partial charge in [0.1, 0.15) is 10.7 Å². The van der Waals surface area contributed by atoms with Gasteiger partial charge in [-0.25, -0.2) is 13.1 Å². The molecule has 0 saturated heterocycles. The van der Waals surface area contributed by atoms with E-state index in [1.54, 1.807) is 26.1 Å². The first-order chi connectivity index (χ1) is 9.45. The SMILES string of the molecule is CNCc1scc(C)c1S(=O)(=O)NC(C)c1ccco1. The molecule has 2 aromatic rings. The molecule has 1 unspecified atom stereocenters. The maximum Gasteiger partial charge on any atom is 0.242 e. The molecule has 2 N–H and O–H groups in total. The predicted molar refractivity (Wildman–Crippen MR) is 79.3 cm³/mol. The monoisotopic (exact) mass is 314 g/mol. The Hall–Kier alpha value is -1.15. The molecule has 0 bridgehead atoms. The standard InChI is InChI=1S/C13H18N2O3S2/c1-9-8-19-12(7-14-3)13(9)20(16,17)15-10(2)11-5-4-6-18-11/h4-6,8,10,14-15H,7H2,1-3H3. The van der Waals surface area contributed by atoms with Crippen LogP contribution < -0.4 is 10.0 Å². The molecule has 110 valence electrons. The largest absolute Gasteiger partial charge is 0.468 e. The Morgan fingerprint density at radius 2 is 2.20 bits per heavy atom. The van der Waals surface area contributed by atoms with Gasteiger partial charge >= 0.3 is 0 Å². The molecule has 0 aliphatic rings. The molecule has 0 spiro atoms. The third-order valence-corrected chi connectivity index (χ3v) is 5.90. The van der Waals surface area contributed by atoms with Crippen LogP contribution in [0.2, 0.25) is 0 Å². The van der Waals surface area contributed by atoms with E-state index in [4.69, 9.17) is 4.42 Å². The van der Waals surface area contributed by atoms with Crippen molar-refractivity contribution in [3.8, 4) is 0 Å². The number of aryl methyl sites for hydroxylation is 1. The van der Waals surface area contributed by atoms with E-state index in [1.807, 2.05) is 12.3 Å². The topological polar surface area (TPSA) is 71.3 Å². The van der Waals surface area contributed by atoms with E-state index >= 15 is 0 Å². The molecule has 2 rings (SSSR count). The van der Waals surface area contributed by atoms with Gasteiger partial charge in [0.2, 0.25) is 10.0 Å². The average Bonchev–Trinajstić information content (AvgIpc) is 2.99. The van der Waals surface area contributed by atoms with Crippen LogP contribution in [0.25, 0.3) is 0 Å². The second kappa shape index (κ2) is 6.09. The summed E-state index contributed by atoms with van der Waals surface area (Å²) in [5.74, 6) is 0.594. The van der Waals surface area contributed by atoms with Crippen LogP contribution in [0, 0.1) is 6.92 Å². The van der Waals surface area contributed by atoms with Gasteiger partial charge in [-0.15, -0.1) is 11.3 Å². The van der Waals surface area contributed by atoms with E-state index in [2.05, 4.69) is 10.0 Å². The molecule has 1 atom stereocenters. The number of furan rings is 1. The highest BCUT2D eigenvalue weighted by Crippen LogP contribution is 2.28. The molecule has 2 heterocycles. The average molecular weight is 314 g/mol. The molecular weight excluding hydrogens is 296 g/mol. The van der Waals surface area contributed by atoms with E-state index in [9.17, 15) is 8.42 Å². The maximum atomic E-state index is 12.5. The van der Waals surface area contributed by atoms with Gasteiger partial charge in [0.05, 0.1) is 12.3 Å². The molecule has 0 aliphatic carbocycles. The zero-order valence-electron chi connectivity index (χ0n) is 11.6. The Kier molecular flexibility index (Phi) is 4.64. The van der Waals surface area contributed by atoms with E-state index in [-0.39, 0.29) is 0 Å². The first-order valence-electron chi connectivity index (χ1n) is 6.23.